The smallest absolute Gasteiger partial charge is 0.218 e. The monoisotopic (exact) mass is 273 g/mol. The van der Waals surface area contributed by atoms with Crippen LogP contribution in [0, 0.1) is 5.92 Å². The van der Waals surface area contributed by atoms with E-state index in [2.05, 4.69) is 47.2 Å². The third-order valence-corrected chi connectivity index (χ3v) is 3.09. The molecular weight excluding hydrogens is 250 g/mol. The average molecular weight is 273 g/mol. The van der Waals surface area contributed by atoms with Gasteiger partial charge >= 0.3 is 0 Å². The normalized spacial score (nSPS) is 11.0. The van der Waals surface area contributed by atoms with Crippen LogP contribution in [0.2, 0.25) is 0 Å². The molecule has 2 aromatic heterocycles. The van der Waals surface area contributed by atoms with Gasteiger partial charge in [0.2, 0.25) is 5.88 Å². The molecule has 2 aromatic rings. The van der Waals surface area contributed by atoms with Gasteiger partial charge in [-0.25, -0.2) is 4.98 Å². The molecule has 0 saturated heterocycles. The minimum Gasteiger partial charge on any atom is -0.481 e. The molecule has 2 rings (SSSR count). The Balaban J connectivity index is 1.95. The van der Waals surface area contributed by atoms with Crippen molar-refractivity contribution in [2.24, 2.45) is 5.92 Å². The molecule has 20 heavy (non-hydrogen) atoms. The standard InChI is InChI=1S/C16H23N3O/c1-13(2)9-17-10-14-6-8-19(11-14)12-15-5-4-7-18-16(15)20-3/h4-8,11,13,17H,9-10,12H2,1-3H3. The van der Waals surface area contributed by atoms with Crippen LogP contribution in [-0.2, 0) is 13.1 Å². The summed E-state index contributed by atoms with van der Waals surface area (Å²) in [6.45, 7) is 7.16. The molecule has 0 unspecified atom stereocenters. The molecule has 0 fully saturated rings. The van der Waals surface area contributed by atoms with Crippen LogP contribution in [0.5, 0.6) is 5.88 Å². The summed E-state index contributed by atoms with van der Waals surface area (Å²) >= 11 is 0. The summed E-state index contributed by atoms with van der Waals surface area (Å²) in [7, 11) is 1.66. The van der Waals surface area contributed by atoms with E-state index in [1.54, 1.807) is 13.3 Å². The highest BCUT2D eigenvalue weighted by atomic mass is 16.5. The Morgan fingerprint density at radius 2 is 2.20 bits per heavy atom. The van der Waals surface area contributed by atoms with Gasteiger partial charge in [-0.3, -0.25) is 0 Å². The lowest BCUT2D eigenvalue weighted by atomic mass is 10.2. The number of pyridine rings is 1. The fourth-order valence-corrected chi connectivity index (χ4v) is 2.12. The Bertz CT molecular complexity index is 534. The molecule has 0 aliphatic carbocycles. The zero-order valence-corrected chi connectivity index (χ0v) is 12.5. The minimum absolute atomic E-state index is 0.678. The Hall–Kier alpha value is -1.81. The van der Waals surface area contributed by atoms with Gasteiger partial charge in [0.05, 0.1) is 13.7 Å². The maximum absolute atomic E-state index is 5.28. The van der Waals surface area contributed by atoms with Gasteiger partial charge in [0, 0.05) is 30.7 Å². The largest absolute Gasteiger partial charge is 0.481 e. The van der Waals surface area contributed by atoms with Crippen molar-refractivity contribution in [1.82, 2.24) is 14.9 Å². The van der Waals surface area contributed by atoms with Crippen molar-refractivity contribution in [3.8, 4) is 5.88 Å². The van der Waals surface area contributed by atoms with Crippen LogP contribution in [0.3, 0.4) is 0 Å². The minimum atomic E-state index is 0.678. The summed E-state index contributed by atoms with van der Waals surface area (Å²) in [6, 6.07) is 6.13. The van der Waals surface area contributed by atoms with E-state index in [1.165, 1.54) is 5.56 Å². The molecule has 4 nitrogen and oxygen atoms in total. The number of hydrogen-bond donors (Lipinski definition) is 1. The number of ether oxygens (including phenoxy) is 1. The van der Waals surface area contributed by atoms with E-state index < -0.39 is 0 Å². The number of aromatic nitrogens is 2. The highest BCUT2D eigenvalue weighted by Crippen LogP contribution is 2.15. The van der Waals surface area contributed by atoms with Crippen LogP contribution in [0.15, 0.2) is 36.8 Å². The van der Waals surface area contributed by atoms with Crippen molar-refractivity contribution in [2.45, 2.75) is 26.9 Å². The van der Waals surface area contributed by atoms with Gasteiger partial charge in [0.1, 0.15) is 0 Å². The van der Waals surface area contributed by atoms with Crippen molar-refractivity contribution >= 4 is 0 Å². The summed E-state index contributed by atoms with van der Waals surface area (Å²) in [6.07, 6.45) is 6.01. The number of hydrogen-bond acceptors (Lipinski definition) is 3. The summed E-state index contributed by atoms with van der Waals surface area (Å²) in [5, 5.41) is 3.45. The Morgan fingerprint density at radius 3 is 2.95 bits per heavy atom. The third-order valence-electron chi connectivity index (χ3n) is 3.09. The number of methoxy groups -OCH3 is 1. The molecule has 0 aliphatic heterocycles. The lowest BCUT2D eigenvalue weighted by Gasteiger charge is -2.08. The predicted molar refractivity (Wildman–Crippen MR) is 80.9 cm³/mol. The molecule has 108 valence electrons. The lowest BCUT2D eigenvalue weighted by molar-refractivity contribution is 0.391. The van der Waals surface area contributed by atoms with Crippen LogP contribution in [0.1, 0.15) is 25.0 Å². The molecule has 2 heterocycles. The molecule has 0 radical (unpaired) electrons. The highest BCUT2D eigenvalue weighted by Gasteiger charge is 2.04. The quantitative estimate of drug-likeness (QED) is 0.843. The maximum Gasteiger partial charge on any atom is 0.218 e. The van der Waals surface area contributed by atoms with Crippen LogP contribution < -0.4 is 10.1 Å². The van der Waals surface area contributed by atoms with Crippen LogP contribution in [0.4, 0.5) is 0 Å². The summed E-state index contributed by atoms with van der Waals surface area (Å²) in [5.41, 5.74) is 2.39. The highest BCUT2D eigenvalue weighted by molar-refractivity contribution is 5.26. The fourth-order valence-electron chi connectivity index (χ4n) is 2.12. The second-order valence-corrected chi connectivity index (χ2v) is 5.39. The van der Waals surface area contributed by atoms with Gasteiger partial charge in [0.25, 0.3) is 0 Å². The molecule has 0 bridgehead atoms. The van der Waals surface area contributed by atoms with E-state index in [9.17, 15) is 0 Å². The molecule has 0 spiro atoms. The average Bonchev–Trinajstić information content (AvgIpc) is 2.86. The van der Waals surface area contributed by atoms with Gasteiger partial charge in [-0.05, 0) is 30.2 Å². The van der Waals surface area contributed by atoms with Gasteiger partial charge in [-0.1, -0.05) is 19.9 Å². The maximum atomic E-state index is 5.28. The second-order valence-electron chi connectivity index (χ2n) is 5.39. The number of nitrogens with one attached hydrogen (secondary N) is 1. The lowest BCUT2D eigenvalue weighted by Crippen LogP contribution is -2.18. The van der Waals surface area contributed by atoms with E-state index in [0.717, 1.165) is 25.2 Å². The molecule has 0 saturated carbocycles. The van der Waals surface area contributed by atoms with Crippen molar-refractivity contribution < 1.29 is 4.74 Å². The van der Waals surface area contributed by atoms with E-state index in [1.807, 2.05) is 12.1 Å². The molecule has 0 atom stereocenters. The zero-order valence-electron chi connectivity index (χ0n) is 12.5. The van der Waals surface area contributed by atoms with E-state index in [0.29, 0.717) is 11.8 Å². The molecule has 0 aliphatic rings. The Labute approximate surface area is 120 Å². The predicted octanol–water partition coefficient (Wildman–Crippen LogP) is 2.69. The fraction of sp³-hybridized carbons (Fsp3) is 0.438. The second kappa shape index (κ2) is 7.10. The third kappa shape index (κ3) is 4.10. The number of nitrogens with zero attached hydrogens (tertiary/aromatic N) is 2. The van der Waals surface area contributed by atoms with Gasteiger partial charge in [0.15, 0.2) is 0 Å². The first-order valence-electron chi connectivity index (χ1n) is 7.02. The van der Waals surface area contributed by atoms with Crippen LogP contribution in [0.25, 0.3) is 0 Å². The summed E-state index contributed by atoms with van der Waals surface area (Å²) < 4.78 is 7.44. The molecular formula is C16H23N3O. The summed E-state index contributed by atoms with van der Waals surface area (Å²) in [5.74, 6) is 1.37. The first-order valence-corrected chi connectivity index (χ1v) is 7.02. The molecule has 1 N–H and O–H groups in total. The topological polar surface area (TPSA) is 39.1 Å². The van der Waals surface area contributed by atoms with E-state index in [4.69, 9.17) is 4.74 Å². The zero-order chi connectivity index (χ0) is 14.4. The van der Waals surface area contributed by atoms with Crippen LogP contribution >= 0.6 is 0 Å². The first kappa shape index (κ1) is 14.6. The van der Waals surface area contributed by atoms with Crippen molar-refractivity contribution in [1.29, 1.82) is 0 Å². The molecule has 0 aromatic carbocycles. The molecule has 4 heteroatoms. The van der Waals surface area contributed by atoms with Crippen molar-refractivity contribution in [3.05, 3.63) is 47.9 Å². The van der Waals surface area contributed by atoms with Crippen LogP contribution in [-0.4, -0.2) is 23.2 Å². The number of rotatable bonds is 7. The van der Waals surface area contributed by atoms with E-state index >= 15 is 0 Å². The first-order chi connectivity index (χ1) is 9.69. The van der Waals surface area contributed by atoms with Gasteiger partial charge in [-0.2, -0.15) is 0 Å². The van der Waals surface area contributed by atoms with Crippen molar-refractivity contribution in [2.75, 3.05) is 13.7 Å². The molecule has 0 amide bonds. The SMILES string of the molecule is COc1ncccc1Cn1ccc(CNCC(C)C)c1. The summed E-state index contributed by atoms with van der Waals surface area (Å²) in [4.78, 5) is 4.22. The van der Waals surface area contributed by atoms with Crippen molar-refractivity contribution in [3.63, 3.8) is 0 Å². The van der Waals surface area contributed by atoms with Gasteiger partial charge in [-0.15, -0.1) is 0 Å². The Kier molecular flexibility index (Phi) is 5.18. The van der Waals surface area contributed by atoms with Gasteiger partial charge < -0.3 is 14.6 Å². The van der Waals surface area contributed by atoms with E-state index in [-0.39, 0.29) is 0 Å². The Morgan fingerprint density at radius 1 is 1.35 bits per heavy atom.